The van der Waals surface area contributed by atoms with E-state index in [-0.39, 0.29) is 23.1 Å². The van der Waals surface area contributed by atoms with Gasteiger partial charge in [0.2, 0.25) is 11.6 Å². The van der Waals surface area contributed by atoms with Crippen LogP contribution in [-0.4, -0.2) is 48.6 Å². The van der Waals surface area contributed by atoms with Gasteiger partial charge in [0.05, 0.1) is 12.3 Å². The van der Waals surface area contributed by atoms with Gasteiger partial charge >= 0.3 is 0 Å². The summed E-state index contributed by atoms with van der Waals surface area (Å²) < 4.78 is 11.5. The summed E-state index contributed by atoms with van der Waals surface area (Å²) in [6, 6.07) is 13.6. The Morgan fingerprint density at radius 2 is 2.06 bits per heavy atom. The summed E-state index contributed by atoms with van der Waals surface area (Å²) in [7, 11) is 0. The van der Waals surface area contributed by atoms with Crippen LogP contribution in [-0.2, 0) is 0 Å². The average molecular weight is 448 g/mol. The molecule has 0 fully saturated rings. The number of carbonyl (C=O) groups excluding carboxylic acids is 1. The third kappa shape index (κ3) is 4.49. The molecule has 2 aromatic carbocycles. The highest BCUT2D eigenvalue weighted by atomic mass is 16.6. The molecule has 0 aliphatic carbocycles. The normalized spacial score (nSPS) is 11.4. The van der Waals surface area contributed by atoms with E-state index in [0.29, 0.717) is 34.9 Å². The smallest absolute Gasteiger partial charge is 0.294 e. The maximum atomic E-state index is 13.0. The highest BCUT2D eigenvalue weighted by molar-refractivity contribution is 6.02. The lowest BCUT2D eigenvalue weighted by atomic mass is 10.1. The molecule has 2 aromatic heterocycles. The number of phenolic OH excluding ortho intramolecular Hbond substituents is 1. The molecule has 168 valence electrons. The maximum absolute atomic E-state index is 13.0. The second kappa shape index (κ2) is 9.18. The van der Waals surface area contributed by atoms with Crippen molar-refractivity contribution in [3.05, 3.63) is 59.8 Å². The summed E-state index contributed by atoms with van der Waals surface area (Å²) in [6.07, 6.45) is 0. The van der Waals surface area contributed by atoms with Crippen molar-refractivity contribution >= 4 is 17.4 Å². The van der Waals surface area contributed by atoms with Gasteiger partial charge in [0.25, 0.3) is 5.91 Å². The minimum absolute atomic E-state index is 0.0215. The quantitative estimate of drug-likeness (QED) is 0.283. The van der Waals surface area contributed by atoms with Gasteiger partial charge in [-0.3, -0.25) is 4.79 Å². The zero-order valence-corrected chi connectivity index (χ0v) is 17.8. The first-order valence-corrected chi connectivity index (χ1v) is 9.89. The lowest BCUT2D eigenvalue weighted by Crippen LogP contribution is -2.21. The van der Waals surface area contributed by atoms with Gasteiger partial charge < -0.3 is 15.6 Å². The SMILES string of the molecule is CCOc1cccc(-c2c(C(=O)NN=C(C)c3cccc(O)c3)nnn2-c2nonc2N)c1. The van der Waals surface area contributed by atoms with Crippen LogP contribution in [0.3, 0.4) is 0 Å². The molecule has 0 radical (unpaired) electrons. The zero-order chi connectivity index (χ0) is 23.4. The van der Waals surface area contributed by atoms with E-state index in [9.17, 15) is 9.90 Å². The molecule has 0 unspecified atom stereocenters. The number of benzene rings is 2. The number of hydrazone groups is 1. The van der Waals surface area contributed by atoms with Crippen molar-refractivity contribution < 1.29 is 19.3 Å². The highest BCUT2D eigenvalue weighted by Crippen LogP contribution is 2.29. The van der Waals surface area contributed by atoms with Crippen molar-refractivity contribution in [3.8, 4) is 28.6 Å². The highest BCUT2D eigenvalue weighted by Gasteiger charge is 2.25. The van der Waals surface area contributed by atoms with Crippen LogP contribution in [0.25, 0.3) is 17.1 Å². The maximum Gasteiger partial charge on any atom is 0.294 e. The van der Waals surface area contributed by atoms with Gasteiger partial charge in [-0.2, -0.15) is 9.78 Å². The number of ether oxygens (including phenoxy) is 1. The summed E-state index contributed by atoms with van der Waals surface area (Å²) in [5.41, 5.74) is 10.3. The zero-order valence-electron chi connectivity index (χ0n) is 17.8. The lowest BCUT2D eigenvalue weighted by Gasteiger charge is -2.08. The second-order valence-electron chi connectivity index (χ2n) is 6.82. The molecule has 12 nitrogen and oxygen atoms in total. The van der Waals surface area contributed by atoms with Crippen molar-refractivity contribution in [3.63, 3.8) is 0 Å². The summed E-state index contributed by atoms with van der Waals surface area (Å²) in [5.74, 6) is 0.127. The van der Waals surface area contributed by atoms with Crippen LogP contribution in [0.15, 0.2) is 58.3 Å². The minimum atomic E-state index is -0.618. The number of nitrogens with zero attached hydrogens (tertiary/aromatic N) is 6. The van der Waals surface area contributed by atoms with Crippen LogP contribution in [0.5, 0.6) is 11.5 Å². The fourth-order valence-electron chi connectivity index (χ4n) is 3.06. The van der Waals surface area contributed by atoms with E-state index in [1.54, 1.807) is 49.4 Å². The monoisotopic (exact) mass is 448 g/mol. The van der Waals surface area contributed by atoms with E-state index in [2.05, 4.69) is 35.8 Å². The Balaban J connectivity index is 1.73. The Bertz CT molecular complexity index is 1330. The molecule has 1 amide bonds. The number of phenols is 1. The Morgan fingerprint density at radius 3 is 2.79 bits per heavy atom. The van der Waals surface area contributed by atoms with E-state index in [0.717, 1.165) is 0 Å². The van der Waals surface area contributed by atoms with Crippen LogP contribution in [0.4, 0.5) is 5.82 Å². The molecule has 0 saturated heterocycles. The molecule has 0 aliphatic rings. The number of anilines is 1. The molecule has 0 aliphatic heterocycles. The number of nitrogen functional groups attached to an aromatic ring is 1. The molecule has 4 N–H and O–H groups in total. The first-order valence-electron chi connectivity index (χ1n) is 9.89. The van der Waals surface area contributed by atoms with Crippen molar-refractivity contribution in [2.24, 2.45) is 5.10 Å². The number of carbonyl (C=O) groups is 1. The van der Waals surface area contributed by atoms with Crippen molar-refractivity contribution in [2.45, 2.75) is 13.8 Å². The van der Waals surface area contributed by atoms with Crippen LogP contribution in [0.2, 0.25) is 0 Å². The van der Waals surface area contributed by atoms with Gasteiger partial charge in [-0.05, 0) is 48.4 Å². The number of nitrogens with one attached hydrogen (secondary N) is 1. The van der Waals surface area contributed by atoms with E-state index in [4.69, 9.17) is 10.5 Å². The van der Waals surface area contributed by atoms with E-state index in [1.807, 2.05) is 6.92 Å². The summed E-state index contributed by atoms with van der Waals surface area (Å²) in [4.78, 5) is 13.0. The van der Waals surface area contributed by atoms with Crippen LogP contribution in [0, 0.1) is 0 Å². The molecule has 0 spiro atoms. The number of hydrogen-bond donors (Lipinski definition) is 3. The fraction of sp³-hybridized carbons (Fsp3) is 0.143. The molecule has 12 heteroatoms. The molecule has 4 rings (SSSR count). The number of aromatic nitrogens is 5. The van der Waals surface area contributed by atoms with Gasteiger partial charge in [0.1, 0.15) is 17.2 Å². The Kier molecular flexibility index (Phi) is 5.98. The number of nitrogens with two attached hydrogens (primary N) is 1. The fourth-order valence-corrected chi connectivity index (χ4v) is 3.06. The number of rotatable bonds is 7. The van der Waals surface area contributed by atoms with Crippen molar-refractivity contribution in [1.82, 2.24) is 30.7 Å². The summed E-state index contributed by atoms with van der Waals surface area (Å²) in [5, 5.41) is 29.1. The van der Waals surface area contributed by atoms with Crippen LogP contribution >= 0.6 is 0 Å². The first-order chi connectivity index (χ1) is 16.0. The van der Waals surface area contributed by atoms with Crippen LogP contribution < -0.4 is 15.9 Å². The Morgan fingerprint density at radius 1 is 1.24 bits per heavy atom. The molecular weight excluding hydrogens is 428 g/mol. The predicted octanol–water partition coefficient (Wildman–Crippen LogP) is 2.16. The Hall–Kier alpha value is -4.74. The van der Waals surface area contributed by atoms with Crippen molar-refractivity contribution in [2.75, 3.05) is 12.3 Å². The third-order valence-electron chi connectivity index (χ3n) is 4.59. The van der Waals surface area contributed by atoms with Gasteiger partial charge in [0.15, 0.2) is 5.69 Å². The molecule has 0 saturated carbocycles. The van der Waals surface area contributed by atoms with Gasteiger partial charge in [-0.15, -0.1) is 5.10 Å². The molecule has 2 heterocycles. The van der Waals surface area contributed by atoms with Gasteiger partial charge in [0, 0.05) is 11.1 Å². The number of aromatic hydroxyl groups is 1. The van der Waals surface area contributed by atoms with Gasteiger partial charge in [-0.1, -0.05) is 29.5 Å². The second-order valence-corrected chi connectivity index (χ2v) is 6.82. The molecule has 0 atom stereocenters. The summed E-state index contributed by atoms with van der Waals surface area (Å²) >= 11 is 0. The molecule has 0 bridgehead atoms. The van der Waals surface area contributed by atoms with Crippen LogP contribution in [0.1, 0.15) is 29.9 Å². The molecule has 33 heavy (non-hydrogen) atoms. The topological polar surface area (TPSA) is 167 Å². The summed E-state index contributed by atoms with van der Waals surface area (Å²) in [6.45, 7) is 4.03. The third-order valence-corrected chi connectivity index (χ3v) is 4.59. The van der Waals surface area contributed by atoms with Crippen molar-refractivity contribution in [1.29, 1.82) is 0 Å². The van der Waals surface area contributed by atoms with E-state index < -0.39 is 5.91 Å². The van der Waals surface area contributed by atoms with Gasteiger partial charge in [-0.25, -0.2) is 10.1 Å². The Labute approximate surface area is 187 Å². The number of hydrogen-bond acceptors (Lipinski definition) is 10. The average Bonchev–Trinajstić information content (AvgIpc) is 3.43. The molecule has 4 aromatic rings. The standard InChI is InChI=1S/C21H20N8O4/c1-3-32-16-9-5-7-14(11-16)18-17(24-28-29(18)20-19(22)26-33-27-20)21(31)25-23-12(2)13-6-4-8-15(30)10-13/h4-11,30H,3H2,1-2H3,(H2,22,26)(H,25,31). The first kappa shape index (κ1) is 21.5. The van der Waals surface area contributed by atoms with E-state index in [1.165, 1.54) is 10.7 Å². The number of amides is 1. The predicted molar refractivity (Wildman–Crippen MR) is 118 cm³/mol. The van der Waals surface area contributed by atoms with E-state index >= 15 is 0 Å². The largest absolute Gasteiger partial charge is 0.508 e. The minimum Gasteiger partial charge on any atom is -0.508 e. The molecular formula is C21H20N8O4. The lowest BCUT2D eigenvalue weighted by molar-refractivity contribution is 0.0950.